The van der Waals surface area contributed by atoms with Gasteiger partial charge >= 0.3 is 18.0 Å². The molecule has 12 heteroatoms. The summed E-state index contributed by atoms with van der Waals surface area (Å²) in [5.74, 6) is -7.26. The van der Waals surface area contributed by atoms with Crippen LogP contribution in [0, 0.1) is 5.92 Å². The van der Waals surface area contributed by atoms with Crippen LogP contribution in [0.15, 0.2) is 29.4 Å². The maximum absolute atomic E-state index is 12.4. The first-order chi connectivity index (χ1) is 12.7. The van der Waals surface area contributed by atoms with Gasteiger partial charge in [-0.2, -0.15) is 5.10 Å². The first-order valence-corrected chi connectivity index (χ1v) is 7.49. The Labute approximate surface area is 157 Å². The van der Waals surface area contributed by atoms with E-state index in [0.717, 1.165) is 14.2 Å². The lowest BCUT2D eigenvalue weighted by Gasteiger charge is -2.14. The molecule has 0 fully saturated rings. The van der Waals surface area contributed by atoms with Crippen molar-refractivity contribution in [2.45, 2.75) is 0 Å². The lowest BCUT2D eigenvalue weighted by atomic mass is 9.97. The zero-order valence-electron chi connectivity index (χ0n) is 14.1. The van der Waals surface area contributed by atoms with E-state index in [-0.39, 0.29) is 5.69 Å². The first kappa shape index (κ1) is 21.6. The van der Waals surface area contributed by atoms with Gasteiger partial charge < -0.3 is 20.5 Å². The molecule has 1 atom stereocenters. The summed E-state index contributed by atoms with van der Waals surface area (Å²) in [5.41, 5.74) is 5.84. The van der Waals surface area contributed by atoms with Crippen LogP contribution in [0.1, 0.15) is 0 Å². The number of carbonyl (C=O) groups is 5. The number of nitrogens with two attached hydrogens (primary N) is 1. The molecule has 0 aliphatic heterocycles. The Morgan fingerprint density at radius 2 is 1.67 bits per heavy atom. The Hall–Kier alpha value is -3.47. The second-order valence-electron chi connectivity index (χ2n) is 4.75. The fourth-order valence-electron chi connectivity index (χ4n) is 1.77. The van der Waals surface area contributed by atoms with Gasteiger partial charge in [0.05, 0.1) is 14.2 Å². The van der Waals surface area contributed by atoms with Gasteiger partial charge in [-0.15, -0.1) is 0 Å². The van der Waals surface area contributed by atoms with Crippen LogP contribution in [-0.4, -0.2) is 49.6 Å². The predicted molar refractivity (Wildman–Crippen MR) is 92.8 cm³/mol. The molecule has 0 spiro atoms. The van der Waals surface area contributed by atoms with Crippen molar-refractivity contribution in [1.29, 1.82) is 0 Å². The zero-order valence-corrected chi connectivity index (χ0v) is 14.9. The van der Waals surface area contributed by atoms with Gasteiger partial charge in [0.2, 0.25) is 5.78 Å². The van der Waals surface area contributed by atoms with E-state index in [2.05, 4.69) is 19.9 Å². The number of hydrogen-bond donors (Lipinski definition) is 3. The Morgan fingerprint density at radius 1 is 1.07 bits per heavy atom. The first-order valence-electron chi connectivity index (χ1n) is 7.11. The average molecular weight is 399 g/mol. The molecular formula is C15H15ClN4O7. The number of esters is 2. The molecule has 0 aromatic heterocycles. The standard InChI is InChI=1S/C15H15ClN4O7/c1-26-13(23)9(10(14(24)27-2)19-20-15(17)25)11(21)12(22)18-8-5-3-7(16)4-6-8/h3-6,9H,1-2H3,(H,18,22)(H3,17,20,25)/b19-10+/t9-/m1/s1. The molecule has 0 radical (unpaired) electrons. The molecule has 4 N–H and O–H groups in total. The van der Waals surface area contributed by atoms with Crippen molar-refractivity contribution in [3.8, 4) is 0 Å². The molecule has 0 saturated heterocycles. The van der Waals surface area contributed by atoms with Gasteiger partial charge in [0.1, 0.15) is 0 Å². The number of ether oxygens (including phenoxy) is 2. The third-order valence-electron chi connectivity index (χ3n) is 2.98. The maximum Gasteiger partial charge on any atom is 0.355 e. The minimum Gasteiger partial charge on any atom is -0.468 e. The fourth-order valence-corrected chi connectivity index (χ4v) is 1.89. The number of Topliss-reactive ketones (excluding diaryl/α,β-unsaturated/α-hetero) is 1. The molecule has 1 aromatic rings. The zero-order chi connectivity index (χ0) is 20.6. The second kappa shape index (κ2) is 9.87. The smallest absolute Gasteiger partial charge is 0.355 e. The summed E-state index contributed by atoms with van der Waals surface area (Å²) in [6, 6.07) is 4.54. The molecule has 0 aliphatic carbocycles. The van der Waals surface area contributed by atoms with Crippen LogP contribution in [0.25, 0.3) is 0 Å². The maximum atomic E-state index is 12.4. The van der Waals surface area contributed by atoms with Gasteiger partial charge in [0.15, 0.2) is 11.6 Å². The van der Waals surface area contributed by atoms with E-state index in [1.807, 2.05) is 0 Å². The normalized spacial score (nSPS) is 11.7. The van der Waals surface area contributed by atoms with Gasteiger partial charge in [-0.1, -0.05) is 11.6 Å². The van der Waals surface area contributed by atoms with Crippen molar-refractivity contribution in [1.82, 2.24) is 5.43 Å². The molecule has 3 amide bonds. The number of anilines is 1. The van der Waals surface area contributed by atoms with Crippen molar-refractivity contribution < 1.29 is 33.4 Å². The van der Waals surface area contributed by atoms with Crippen LogP contribution < -0.4 is 16.5 Å². The third kappa shape index (κ3) is 6.08. The molecule has 0 unspecified atom stereocenters. The minimum absolute atomic E-state index is 0.202. The Balaban J connectivity index is 3.20. The van der Waals surface area contributed by atoms with Crippen molar-refractivity contribution >= 4 is 52.7 Å². The Morgan fingerprint density at radius 3 is 2.15 bits per heavy atom. The van der Waals surface area contributed by atoms with Crippen molar-refractivity contribution in [3.63, 3.8) is 0 Å². The fraction of sp³-hybridized carbons (Fsp3) is 0.200. The van der Waals surface area contributed by atoms with Gasteiger partial charge in [0, 0.05) is 10.7 Å². The summed E-state index contributed by atoms with van der Waals surface area (Å²) >= 11 is 5.72. The van der Waals surface area contributed by atoms with Crippen molar-refractivity contribution in [2.75, 3.05) is 19.5 Å². The van der Waals surface area contributed by atoms with Crippen LogP contribution >= 0.6 is 11.6 Å². The van der Waals surface area contributed by atoms with E-state index in [4.69, 9.17) is 17.3 Å². The highest BCUT2D eigenvalue weighted by molar-refractivity contribution is 6.55. The predicted octanol–water partition coefficient (Wildman–Crippen LogP) is -0.166. The number of rotatable bonds is 7. The molecular weight excluding hydrogens is 384 g/mol. The topological polar surface area (TPSA) is 166 Å². The van der Waals surface area contributed by atoms with E-state index < -0.39 is 41.3 Å². The van der Waals surface area contributed by atoms with Crippen LogP contribution in [0.3, 0.4) is 0 Å². The number of halogens is 1. The largest absolute Gasteiger partial charge is 0.468 e. The number of methoxy groups -OCH3 is 2. The van der Waals surface area contributed by atoms with Crippen molar-refractivity contribution in [3.05, 3.63) is 29.3 Å². The summed E-state index contributed by atoms with van der Waals surface area (Å²) in [5, 5.41) is 5.91. The summed E-state index contributed by atoms with van der Waals surface area (Å²) in [7, 11) is 1.87. The van der Waals surface area contributed by atoms with Crippen LogP contribution in [0.4, 0.5) is 10.5 Å². The number of urea groups is 1. The van der Waals surface area contributed by atoms with Gasteiger partial charge in [-0.05, 0) is 24.3 Å². The number of nitrogens with zero attached hydrogens (tertiary/aromatic N) is 1. The molecule has 27 heavy (non-hydrogen) atoms. The molecule has 144 valence electrons. The molecule has 0 heterocycles. The van der Waals surface area contributed by atoms with Gasteiger partial charge in [-0.3, -0.25) is 14.4 Å². The highest BCUT2D eigenvalue weighted by atomic mass is 35.5. The molecule has 1 aromatic carbocycles. The molecule has 1 rings (SSSR count). The highest BCUT2D eigenvalue weighted by Crippen LogP contribution is 2.15. The number of amides is 3. The summed E-state index contributed by atoms with van der Waals surface area (Å²) in [6.45, 7) is 0. The number of primary amides is 1. The Bertz CT molecular complexity index is 792. The number of benzene rings is 1. The minimum atomic E-state index is -2.10. The van der Waals surface area contributed by atoms with Gasteiger partial charge in [0.25, 0.3) is 5.91 Å². The second-order valence-corrected chi connectivity index (χ2v) is 5.18. The highest BCUT2D eigenvalue weighted by Gasteiger charge is 2.41. The van der Waals surface area contributed by atoms with Crippen molar-refractivity contribution in [2.24, 2.45) is 16.8 Å². The van der Waals surface area contributed by atoms with E-state index in [1.165, 1.54) is 24.3 Å². The lowest BCUT2D eigenvalue weighted by Crippen LogP contribution is -2.44. The number of hydrazone groups is 1. The van der Waals surface area contributed by atoms with Crippen LogP contribution in [-0.2, 0) is 28.7 Å². The summed E-state index contributed by atoms with van der Waals surface area (Å²) < 4.78 is 8.86. The monoisotopic (exact) mass is 398 g/mol. The van der Waals surface area contributed by atoms with E-state index >= 15 is 0 Å². The number of carbonyl (C=O) groups excluding carboxylic acids is 5. The van der Waals surface area contributed by atoms with E-state index in [9.17, 15) is 24.0 Å². The molecule has 11 nitrogen and oxygen atoms in total. The van der Waals surface area contributed by atoms with E-state index in [0.29, 0.717) is 5.02 Å². The quantitative estimate of drug-likeness (QED) is 0.188. The summed E-state index contributed by atoms with van der Waals surface area (Å²) in [6.07, 6.45) is 0. The SMILES string of the molecule is COC(=O)/C(=N/NC(N)=O)[C@@H](C(=O)OC)C(=O)C(=O)Nc1ccc(Cl)cc1. The number of nitrogens with one attached hydrogen (secondary N) is 2. The lowest BCUT2D eigenvalue weighted by molar-refractivity contribution is -0.150. The summed E-state index contributed by atoms with van der Waals surface area (Å²) in [4.78, 5) is 59.3. The van der Waals surface area contributed by atoms with E-state index in [1.54, 1.807) is 5.43 Å². The molecule has 0 saturated carbocycles. The van der Waals surface area contributed by atoms with Crippen LogP contribution in [0.5, 0.6) is 0 Å². The third-order valence-corrected chi connectivity index (χ3v) is 3.23. The number of hydrogen-bond acceptors (Lipinski definition) is 8. The molecule has 0 bridgehead atoms. The number of ketones is 1. The van der Waals surface area contributed by atoms with Crippen LogP contribution in [0.2, 0.25) is 5.02 Å². The molecule has 0 aliphatic rings. The average Bonchev–Trinajstić information content (AvgIpc) is 2.64. The Kier molecular flexibility index (Phi) is 7.89. The van der Waals surface area contributed by atoms with Gasteiger partial charge in [-0.25, -0.2) is 15.0 Å².